The number of benzene rings is 1. The Labute approximate surface area is 149 Å². The van der Waals surface area contributed by atoms with Crippen molar-refractivity contribution in [3.8, 4) is 0 Å². The van der Waals surface area contributed by atoms with Crippen molar-refractivity contribution in [2.24, 2.45) is 4.99 Å². The molecule has 0 saturated carbocycles. The number of pyridine rings is 1. The number of nitrogens with zero attached hydrogens (tertiary/aromatic N) is 3. The maximum absolute atomic E-state index is 4.96. The first-order chi connectivity index (χ1) is 12.3. The van der Waals surface area contributed by atoms with Gasteiger partial charge >= 0.3 is 0 Å². The Morgan fingerprint density at radius 2 is 2.00 bits per heavy atom. The van der Waals surface area contributed by atoms with Crippen molar-refractivity contribution in [1.82, 2.24) is 10.3 Å². The van der Waals surface area contributed by atoms with E-state index < -0.39 is 0 Å². The summed E-state index contributed by atoms with van der Waals surface area (Å²) in [5.41, 5.74) is 6.11. The van der Waals surface area contributed by atoms with Crippen molar-refractivity contribution in [3.05, 3.63) is 71.7 Å². The van der Waals surface area contributed by atoms with Gasteiger partial charge in [0.15, 0.2) is 6.17 Å². The van der Waals surface area contributed by atoms with Crippen molar-refractivity contribution in [1.29, 1.82) is 0 Å². The molecule has 3 heterocycles. The summed E-state index contributed by atoms with van der Waals surface area (Å²) in [7, 11) is 0. The summed E-state index contributed by atoms with van der Waals surface area (Å²) >= 11 is 0. The van der Waals surface area contributed by atoms with Gasteiger partial charge in [0.05, 0.1) is 11.7 Å². The van der Waals surface area contributed by atoms with E-state index in [0.717, 1.165) is 25.1 Å². The maximum Gasteiger partial charge on any atom is 0.161 e. The number of anilines is 1. The monoisotopic (exact) mass is 332 g/mol. The molecule has 4 heteroatoms. The molecule has 2 aliphatic rings. The van der Waals surface area contributed by atoms with Crippen molar-refractivity contribution < 1.29 is 0 Å². The van der Waals surface area contributed by atoms with Gasteiger partial charge in [0.1, 0.15) is 0 Å². The first-order valence-electron chi connectivity index (χ1n) is 9.03. The standard InChI is InChI=1S/C21H24N4/c1-3-20-17-14-23-21(19-6-4-5-12-22-19)24-18(17)11-13-25(20)16-9-7-15(2)8-10-16/h4-10,12,14,20-21,23H,3,11,13H2,1-2H3. The molecule has 0 radical (unpaired) electrons. The number of aromatic nitrogens is 1. The number of nitrogens with one attached hydrogen (secondary N) is 1. The summed E-state index contributed by atoms with van der Waals surface area (Å²) < 4.78 is 0. The Morgan fingerprint density at radius 1 is 1.16 bits per heavy atom. The third kappa shape index (κ3) is 3.04. The van der Waals surface area contributed by atoms with Crippen LogP contribution >= 0.6 is 0 Å². The molecule has 2 aromatic rings. The largest absolute Gasteiger partial charge is 0.365 e. The van der Waals surface area contributed by atoms with Gasteiger partial charge in [-0.3, -0.25) is 9.98 Å². The molecule has 25 heavy (non-hydrogen) atoms. The molecule has 1 N–H and O–H groups in total. The highest BCUT2D eigenvalue weighted by molar-refractivity contribution is 6.03. The van der Waals surface area contributed by atoms with Crippen LogP contribution in [0.4, 0.5) is 5.69 Å². The predicted molar refractivity (Wildman–Crippen MR) is 103 cm³/mol. The number of piperidine rings is 1. The molecule has 128 valence electrons. The lowest BCUT2D eigenvalue weighted by atomic mass is 9.90. The van der Waals surface area contributed by atoms with E-state index in [1.807, 2.05) is 24.4 Å². The van der Waals surface area contributed by atoms with E-state index in [4.69, 9.17) is 4.99 Å². The summed E-state index contributed by atoms with van der Waals surface area (Å²) in [6.45, 7) is 5.39. The van der Waals surface area contributed by atoms with Gasteiger partial charge in [0, 0.05) is 42.3 Å². The van der Waals surface area contributed by atoms with Crippen LogP contribution in [0, 0.1) is 6.92 Å². The molecule has 0 aliphatic carbocycles. The minimum absolute atomic E-state index is 0.0663. The number of rotatable bonds is 3. The van der Waals surface area contributed by atoms with Crippen LogP contribution in [0.25, 0.3) is 0 Å². The minimum atomic E-state index is -0.0663. The Balaban J connectivity index is 1.60. The van der Waals surface area contributed by atoms with Gasteiger partial charge in [-0.1, -0.05) is 30.7 Å². The molecule has 0 spiro atoms. The van der Waals surface area contributed by atoms with Gasteiger partial charge in [0.2, 0.25) is 0 Å². The summed E-state index contributed by atoms with van der Waals surface area (Å²) in [5, 5.41) is 3.44. The summed E-state index contributed by atoms with van der Waals surface area (Å²) in [5.74, 6) is 0. The van der Waals surface area contributed by atoms with Crippen molar-refractivity contribution >= 4 is 11.4 Å². The number of hydrogen-bond donors (Lipinski definition) is 1. The normalized spacial score (nSPS) is 22.6. The van der Waals surface area contributed by atoms with Gasteiger partial charge in [-0.05, 0) is 37.6 Å². The minimum Gasteiger partial charge on any atom is -0.365 e. The van der Waals surface area contributed by atoms with E-state index in [1.54, 1.807) is 0 Å². The Bertz CT molecular complexity index is 792. The van der Waals surface area contributed by atoms with Crippen molar-refractivity contribution in [2.75, 3.05) is 11.4 Å². The molecule has 4 nitrogen and oxygen atoms in total. The van der Waals surface area contributed by atoms with Crippen molar-refractivity contribution in [2.45, 2.75) is 38.9 Å². The molecule has 0 bridgehead atoms. The Kier molecular flexibility index (Phi) is 4.26. The number of hydrogen-bond acceptors (Lipinski definition) is 4. The van der Waals surface area contributed by atoms with Crippen molar-refractivity contribution in [3.63, 3.8) is 0 Å². The van der Waals surface area contributed by atoms with Crippen LogP contribution in [0.2, 0.25) is 0 Å². The lowest BCUT2D eigenvalue weighted by Gasteiger charge is -2.41. The maximum atomic E-state index is 4.96. The van der Waals surface area contributed by atoms with Crippen LogP contribution < -0.4 is 10.2 Å². The van der Waals surface area contributed by atoms with E-state index in [1.165, 1.54) is 22.5 Å². The molecule has 1 aromatic heterocycles. The molecule has 2 unspecified atom stereocenters. The first kappa shape index (κ1) is 15.9. The van der Waals surface area contributed by atoms with Crippen LogP contribution in [-0.4, -0.2) is 23.3 Å². The molecule has 1 fully saturated rings. The van der Waals surface area contributed by atoms with E-state index in [-0.39, 0.29) is 6.17 Å². The predicted octanol–water partition coefficient (Wildman–Crippen LogP) is 4.01. The van der Waals surface area contributed by atoms with Crippen LogP contribution in [0.3, 0.4) is 0 Å². The van der Waals surface area contributed by atoms with Crippen LogP contribution in [0.1, 0.15) is 37.2 Å². The fourth-order valence-electron chi connectivity index (χ4n) is 3.74. The average Bonchev–Trinajstić information content (AvgIpc) is 2.68. The van der Waals surface area contributed by atoms with Crippen LogP contribution in [-0.2, 0) is 0 Å². The van der Waals surface area contributed by atoms with E-state index in [2.05, 4.69) is 59.5 Å². The summed E-state index contributed by atoms with van der Waals surface area (Å²) in [6, 6.07) is 15.2. The van der Waals surface area contributed by atoms with Gasteiger partial charge in [-0.25, -0.2) is 0 Å². The molecule has 2 atom stereocenters. The number of fused-ring (bicyclic) bond motifs is 1. The highest BCUT2D eigenvalue weighted by Crippen LogP contribution is 2.32. The lowest BCUT2D eigenvalue weighted by molar-refractivity contribution is 0.575. The third-order valence-corrected chi connectivity index (χ3v) is 5.06. The number of aliphatic imine (C=N–C) groups is 1. The second-order valence-electron chi connectivity index (χ2n) is 6.70. The average molecular weight is 332 g/mol. The van der Waals surface area contributed by atoms with E-state index in [9.17, 15) is 0 Å². The second-order valence-corrected chi connectivity index (χ2v) is 6.70. The Hall–Kier alpha value is -2.62. The van der Waals surface area contributed by atoms with Crippen LogP contribution in [0.5, 0.6) is 0 Å². The zero-order valence-corrected chi connectivity index (χ0v) is 14.8. The van der Waals surface area contributed by atoms with Gasteiger partial charge in [0.25, 0.3) is 0 Å². The zero-order valence-electron chi connectivity index (χ0n) is 14.8. The van der Waals surface area contributed by atoms with Gasteiger partial charge in [-0.15, -0.1) is 0 Å². The SMILES string of the molecule is CCC1C2=CNC(c3ccccn3)N=C2CCN1c1ccc(C)cc1. The summed E-state index contributed by atoms with van der Waals surface area (Å²) in [6.07, 6.45) is 5.96. The topological polar surface area (TPSA) is 40.5 Å². The zero-order chi connectivity index (χ0) is 17.2. The molecule has 0 amide bonds. The fraction of sp³-hybridized carbons (Fsp3) is 0.333. The summed E-state index contributed by atoms with van der Waals surface area (Å²) in [4.78, 5) is 11.9. The van der Waals surface area contributed by atoms with Gasteiger partial charge < -0.3 is 10.2 Å². The molecule has 2 aliphatic heterocycles. The third-order valence-electron chi connectivity index (χ3n) is 5.06. The quantitative estimate of drug-likeness (QED) is 0.923. The highest BCUT2D eigenvalue weighted by atomic mass is 15.2. The number of aryl methyl sites for hydroxylation is 1. The first-order valence-corrected chi connectivity index (χ1v) is 9.03. The highest BCUT2D eigenvalue weighted by Gasteiger charge is 2.32. The van der Waals surface area contributed by atoms with E-state index in [0.29, 0.717) is 6.04 Å². The smallest absolute Gasteiger partial charge is 0.161 e. The molecule has 4 rings (SSSR count). The molecular formula is C21H24N4. The molecular weight excluding hydrogens is 308 g/mol. The molecule has 1 saturated heterocycles. The Morgan fingerprint density at radius 3 is 2.72 bits per heavy atom. The molecule has 1 aromatic carbocycles. The second kappa shape index (κ2) is 6.71. The fourth-order valence-corrected chi connectivity index (χ4v) is 3.74. The van der Waals surface area contributed by atoms with Crippen LogP contribution in [0.15, 0.2) is 65.4 Å². The van der Waals surface area contributed by atoms with E-state index >= 15 is 0 Å². The van der Waals surface area contributed by atoms with Gasteiger partial charge in [-0.2, -0.15) is 0 Å². The lowest BCUT2D eigenvalue weighted by Crippen LogP contribution is -2.46.